The molecule has 0 aliphatic rings. The molecule has 0 aliphatic heterocycles. The van der Waals surface area contributed by atoms with Crippen LogP contribution >= 0.6 is 0 Å². The fraction of sp³-hybridized carbons (Fsp3) is 0.625. The third kappa shape index (κ3) is 3.49. The van der Waals surface area contributed by atoms with E-state index in [1.54, 1.807) is 0 Å². The average Bonchev–Trinajstić information content (AvgIpc) is 2.39. The maximum atomic E-state index is 2.39. The number of nitrogens with zero attached hydrogens (tertiary/aromatic N) is 1. The summed E-state index contributed by atoms with van der Waals surface area (Å²) in [4.78, 5) is 2.39. The molecule has 0 aromatic heterocycles. The van der Waals surface area contributed by atoms with Crippen molar-refractivity contribution in [1.82, 2.24) is 0 Å². The Morgan fingerprint density at radius 1 is 0.941 bits per heavy atom. The highest BCUT2D eigenvalue weighted by atomic mass is 15.1. The maximum absolute atomic E-state index is 2.39. The molecular weight excluding hydrogens is 206 g/mol. The van der Waals surface area contributed by atoms with E-state index in [4.69, 9.17) is 0 Å². The topological polar surface area (TPSA) is 3.24 Å². The fourth-order valence-corrected chi connectivity index (χ4v) is 2.26. The van der Waals surface area contributed by atoms with Crippen LogP contribution in [0.1, 0.15) is 52.5 Å². The Balaban J connectivity index is 2.80. The molecule has 1 aromatic rings. The first-order chi connectivity index (χ1) is 8.13. The predicted molar refractivity (Wildman–Crippen MR) is 77.9 cm³/mol. The van der Waals surface area contributed by atoms with Crippen LogP contribution in [0.2, 0.25) is 0 Å². The van der Waals surface area contributed by atoms with Crippen molar-refractivity contribution in [3.05, 3.63) is 29.8 Å². The maximum Gasteiger partial charge on any atom is 0.0366 e. The van der Waals surface area contributed by atoms with Gasteiger partial charge in [0, 0.05) is 18.8 Å². The summed E-state index contributed by atoms with van der Waals surface area (Å²) in [6, 6.07) is 9.12. The van der Waals surface area contributed by atoms with Crippen LogP contribution in [0.4, 0.5) is 5.69 Å². The van der Waals surface area contributed by atoms with Crippen molar-refractivity contribution < 1.29 is 0 Å². The molecule has 1 heteroatoms. The summed E-state index contributed by atoms with van der Waals surface area (Å²) in [5.41, 5.74) is 2.81. The van der Waals surface area contributed by atoms with E-state index in [-0.39, 0.29) is 0 Å². The molecule has 0 spiro atoms. The van der Waals surface area contributed by atoms with Gasteiger partial charge in [-0.15, -0.1) is 0 Å². The van der Waals surface area contributed by atoms with Gasteiger partial charge >= 0.3 is 0 Å². The van der Waals surface area contributed by atoms with Gasteiger partial charge in [0.05, 0.1) is 0 Å². The average molecular weight is 233 g/mol. The zero-order valence-electron chi connectivity index (χ0n) is 12.0. The van der Waals surface area contributed by atoms with Crippen LogP contribution in [0.15, 0.2) is 24.3 Å². The lowest BCUT2D eigenvalue weighted by Crippen LogP contribution is -2.21. The molecule has 0 saturated carbocycles. The van der Waals surface area contributed by atoms with Gasteiger partial charge in [0.25, 0.3) is 0 Å². The number of benzene rings is 1. The summed E-state index contributed by atoms with van der Waals surface area (Å²) in [5.74, 6) is 1.42. The summed E-state index contributed by atoms with van der Waals surface area (Å²) >= 11 is 0. The van der Waals surface area contributed by atoms with Gasteiger partial charge in [0.15, 0.2) is 0 Å². The van der Waals surface area contributed by atoms with E-state index in [1.807, 2.05) is 0 Å². The van der Waals surface area contributed by atoms with Crippen molar-refractivity contribution in [1.29, 1.82) is 0 Å². The van der Waals surface area contributed by atoms with Crippen molar-refractivity contribution >= 4 is 5.69 Å². The minimum atomic E-state index is 0.658. The zero-order chi connectivity index (χ0) is 12.8. The molecule has 2 unspecified atom stereocenters. The van der Waals surface area contributed by atoms with Gasteiger partial charge in [-0.05, 0) is 43.4 Å². The molecule has 0 aliphatic carbocycles. The molecule has 1 nitrogen and oxygen atoms in total. The lowest BCUT2D eigenvalue weighted by molar-refractivity contribution is 0.473. The minimum Gasteiger partial charge on any atom is -0.372 e. The van der Waals surface area contributed by atoms with Crippen LogP contribution in [-0.2, 0) is 0 Å². The SMILES string of the molecule is CCC(C)C(C)c1ccc(N(CC)CC)cc1. The van der Waals surface area contributed by atoms with Crippen molar-refractivity contribution in [2.45, 2.75) is 47.0 Å². The molecule has 0 amide bonds. The highest BCUT2D eigenvalue weighted by Gasteiger charge is 2.12. The molecular formula is C16H27N. The fourth-order valence-electron chi connectivity index (χ4n) is 2.26. The molecule has 1 aromatic carbocycles. The van der Waals surface area contributed by atoms with Gasteiger partial charge in [-0.2, -0.15) is 0 Å². The summed E-state index contributed by atoms with van der Waals surface area (Å²) in [7, 11) is 0. The Morgan fingerprint density at radius 2 is 1.47 bits per heavy atom. The molecule has 0 heterocycles. The van der Waals surface area contributed by atoms with Crippen LogP contribution in [0.3, 0.4) is 0 Å². The Bertz CT molecular complexity index is 311. The molecule has 0 bridgehead atoms. The van der Waals surface area contributed by atoms with Gasteiger partial charge in [0.1, 0.15) is 0 Å². The Kier molecular flexibility index (Phi) is 5.54. The standard InChI is InChI=1S/C16H27N/c1-6-13(4)14(5)15-9-11-16(12-10-15)17(7-2)8-3/h9-14H,6-8H2,1-5H3. The van der Waals surface area contributed by atoms with Gasteiger partial charge in [0.2, 0.25) is 0 Å². The van der Waals surface area contributed by atoms with E-state index in [2.05, 4.69) is 63.8 Å². The molecule has 0 radical (unpaired) electrons. The Hall–Kier alpha value is -0.980. The molecule has 0 saturated heterocycles. The van der Waals surface area contributed by atoms with Crippen molar-refractivity contribution in [3.63, 3.8) is 0 Å². The Morgan fingerprint density at radius 3 is 1.88 bits per heavy atom. The predicted octanol–water partition coefficient (Wildman–Crippen LogP) is 4.68. The molecule has 1 rings (SSSR count). The quantitative estimate of drug-likeness (QED) is 0.689. The monoisotopic (exact) mass is 233 g/mol. The van der Waals surface area contributed by atoms with Crippen LogP contribution in [0.25, 0.3) is 0 Å². The molecule has 0 fully saturated rings. The first-order valence-corrected chi connectivity index (χ1v) is 6.98. The first-order valence-electron chi connectivity index (χ1n) is 6.98. The highest BCUT2D eigenvalue weighted by Crippen LogP contribution is 2.27. The van der Waals surface area contributed by atoms with Crippen molar-refractivity contribution in [3.8, 4) is 0 Å². The number of hydrogen-bond donors (Lipinski definition) is 0. The van der Waals surface area contributed by atoms with E-state index in [0.29, 0.717) is 5.92 Å². The highest BCUT2D eigenvalue weighted by molar-refractivity contribution is 5.47. The van der Waals surface area contributed by atoms with Gasteiger partial charge in [-0.25, -0.2) is 0 Å². The van der Waals surface area contributed by atoms with Crippen LogP contribution < -0.4 is 4.90 Å². The first kappa shape index (κ1) is 14.1. The third-order valence-electron chi connectivity index (χ3n) is 4.04. The summed E-state index contributed by atoms with van der Waals surface area (Å²) < 4.78 is 0. The Labute approximate surface area is 107 Å². The van der Waals surface area contributed by atoms with Crippen LogP contribution in [0.5, 0.6) is 0 Å². The second-order valence-corrected chi connectivity index (χ2v) is 4.94. The number of rotatable bonds is 6. The number of anilines is 1. The van der Waals surface area contributed by atoms with Crippen LogP contribution in [0, 0.1) is 5.92 Å². The van der Waals surface area contributed by atoms with Crippen molar-refractivity contribution in [2.75, 3.05) is 18.0 Å². The van der Waals surface area contributed by atoms with E-state index in [0.717, 1.165) is 19.0 Å². The molecule has 0 N–H and O–H groups in total. The van der Waals surface area contributed by atoms with E-state index in [1.165, 1.54) is 17.7 Å². The van der Waals surface area contributed by atoms with E-state index < -0.39 is 0 Å². The van der Waals surface area contributed by atoms with Crippen molar-refractivity contribution in [2.24, 2.45) is 5.92 Å². The van der Waals surface area contributed by atoms with Gasteiger partial charge in [-0.1, -0.05) is 39.3 Å². The molecule has 2 atom stereocenters. The lowest BCUT2D eigenvalue weighted by Gasteiger charge is -2.23. The molecule has 17 heavy (non-hydrogen) atoms. The van der Waals surface area contributed by atoms with E-state index in [9.17, 15) is 0 Å². The largest absolute Gasteiger partial charge is 0.372 e. The van der Waals surface area contributed by atoms with Crippen LogP contribution in [-0.4, -0.2) is 13.1 Å². The van der Waals surface area contributed by atoms with E-state index >= 15 is 0 Å². The summed E-state index contributed by atoms with van der Waals surface area (Å²) in [6.45, 7) is 13.5. The minimum absolute atomic E-state index is 0.658. The summed E-state index contributed by atoms with van der Waals surface area (Å²) in [5, 5.41) is 0. The number of hydrogen-bond acceptors (Lipinski definition) is 1. The zero-order valence-corrected chi connectivity index (χ0v) is 12.0. The lowest BCUT2D eigenvalue weighted by atomic mass is 9.87. The second kappa shape index (κ2) is 6.68. The smallest absolute Gasteiger partial charge is 0.0366 e. The normalized spacial score (nSPS) is 14.4. The summed E-state index contributed by atoms with van der Waals surface area (Å²) in [6.07, 6.45) is 1.25. The second-order valence-electron chi connectivity index (χ2n) is 4.94. The van der Waals surface area contributed by atoms with Gasteiger partial charge < -0.3 is 4.90 Å². The third-order valence-corrected chi connectivity index (χ3v) is 4.04. The van der Waals surface area contributed by atoms with Gasteiger partial charge in [-0.3, -0.25) is 0 Å². The molecule has 96 valence electrons.